The summed E-state index contributed by atoms with van der Waals surface area (Å²) in [6.07, 6.45) is 22.3. The molecule has 0 bridgehead atoms. The maximum atomic E-state index is 12.9. The van der Waals surface area contributed by atoms with Crippen LogP contribution >= 0.6 is 0 Å². The van der Waals surface area contributed by atoms with Gasteiger partial charge < -0.3 is 13.9 Å². The second-order valence-electron chi connectivity index (χ2n) is 12.9. The second kappa shape index (κ2) is 19.4. The SMILES string of the molecule is CCCCCCCCOc1ccc2ccccc2c1/C=C/c1cc(=O)cc(/C=C/c2c(OCCCCCCCC)ccc3ccccc23)o1. The van der Waals surface area contributed by atoms with Crippen LogP contribution in [0.25, 0.3) is 45.8 Å². The van der Waals surface area contributed by atoms with E-state index in [0.717, 1.165) is 57.0 Å². The van der Waals surface area contributed by atoms with Crippen molar-refractivity contribution in [1.29, 1.82) is 0 Å². The van der Waals surface area contributed by atoms with Crippen LogP contribution in [0.2, 0.25) is 0 Å². The summed E-state index contributed by atoms with van der Waals surface area (Å²) in [7, 11) is 0. The van der Waals surface area contributed by atoms with Crippen LogP contribution in [0.15, 0.2) is 94.1 Å². The van der Waals surface area contributed by atoms with E-state index in [2.05, 4.69) is 50.2 Å². The average Bonchev–Trinajstić information content (AvgIpc) is 3.12. The first-order valence-electron chi connectivity index (χ1n) is 18.5. The van der Waals surface area contributed by atoms with Crippen molar-refractivity contribution in [3.63, 3.8) is 0 Å². The summed E-state index contributed by atoms with van der Waals surface area (Å²) in [5.41, 5.74) is 1.85. The molecule has 5 aromatic rings. The van der Waals surface area contributed by atoms with Crippen molar-refractivity contribution in [2.75, 3.05) is 13.2 Å². The number of rotatable bonds is 20. The molecule has 0 aliphatic rings. The maximum absolute atomic E-state index is 12.9. The van der Waals surface area contributed by atoms with Gasteiger partial charge in [-0.3, -0.25) is 4.79 Å². The Morgan fingerprint density at radius 1 is 0.510 bits per heavy atom. The van der Waals surface area contributed by atoms with Gasteiger partial charge in [-0.05, 0) is 70.8 Å². The van der Waals surface area contributed by atoms with E-state index in [1.807, 2.05) is 60.7 Å². The quantitative estimate of drug-likeness (QED) is 0.0782. The molecule has 0 spiro atoms. The van der Waals surface area contributed by atoms with Gasteiger partial charge in [-0.1, -0.05) is 139 Å². The van der Waals surface area contributed by atoms with Crippen molar-refractivity contribution in [1.82, 2.24) is 0 Å². The Hall–Kier alpha value is -4.57. The fourth-order valence-corrected chi connectivity index (χ4v) is 6.29. The van der Waals surface area contributed by atoms with E-state index >= 15 is 0 Å². The average molecular weight is 657 g/mol. The topological polar surface area (TPSA) is 48.7 Å². The van der Waals surface area contributed by atoms with E-state index < -0.39 is 0 Å². The first-order valence-corrected chi connectivity index (χ1v) is 18.5. The molecule has 0 aliphatic carbocycles. The normalized spacial score (nSPS) is 11.7. The summed E-state index contributed by atoms with van der Waals surface area (Å²) in [6.45, 7) is 5.84. The van der Waals surface area contributed by atoms with Crippen LogP contribution in [-0.4, -0.2) is 13.2 Å². The molecule has 1 heterocycles. The molecule has 0 unspecified atom stereocenters. The standard InChI is InChI=1S/C45H52O4/c1-3-5-7-9-11-17-31-47-44-29-23-35-19-13-15-21-40(35)42(44)27-25-38-33-37(46)34-39(49-38)26-28-43-41-22-16-14-20-36(41)24-30-45(43)48-32-18-12-10-8-6-4-2/h13-16,19-30,33-34H,3-12,17-18,31-32H2,1-2H3/b27-25+,28-26+. The Balaban J connectivity index is 1.35. The summed E-state index contributed by atoms with van der Waals surface area (Å²) in [5, 5.41) is 4.47. The van der Waals surface area contributed by atoms with Crippen molar-refractivity contribution >= 4 is 45.8 Å². The zero-order valence-corrected chi connectivity index (χ0v) is 29.4. The van der Waals surface area contributed by atoms with E-state index in [9.17, 15) is 4.79 Å². The van der Waals surface area contributed by atoms with Gasteiger partial charge in [-0.2, -0.15) is 0 Å². The highest BCUT2D eigenvalue weighted by Gasteiger charge is 2.09. The Kier molecular flexibility index (Phi) is 14.2. The molecule has 0 N–H and O–H groups in total. The highest BCUT2D eigenvalue weighted by atomic mass is 16.5. The molecule has 4 heteroatoms. The van der Waals surface area contributed by atoms with Gasteiger partial charge in [0.05, 0.1) is 13.2 Å². The highest BCUT2D eigenvalue weighted by molar-refractivity contribution is 5.96. The summed E-state index contributed by atoms with van der Waals surface area (Å²) < 4.78 is 18.9. The highest BCUT2D eigenvalue weighted by Crippen LogP contribution is 2.32. The number of hydrogen-bond acceptors (Lipinski definition) is 4. The molecule has 1 aromatic heterocycles. The smallest absolute Gasteiger partial charge is 0.186 e. The van der Waals surface area contributed by atoms with Gasteiger partial charge in [0.25, 0.3) is 0 Å². The maximum Gasteiger partial charge on any atom is 0.186 e. The van der Waals surface area contributed by atoms with E-state index in [1.165, 1.54) is 76.3 Å². The van der Waals surface area contributed by atoms with Crippen LogP contribution in [-0.2, 0) is 0 Å². The number of fused-ring (bicyclic) bond motifs is 2. The predicted octanol–water partition coefficient (Wildman–Crippen LogP) is 12.8. The second-order valence-corrected chi connectivity index (χ2v) is 12.9. The van der Waals surface area contributed by atoms with Gasteiger partial charge in [-0.15, -0.1) is 0 Å². The van der Waals surface area contributed by atoms with E-state index in [-0.39, 0.29) is 5.43 Å². The third-order valence-corrected chi connectivity index (χ3v) is 9.01. The lowest BCUT2D eigenvalue weighted by atomic mass is 10.0. The lowest BCUT2D eigenvalue weighted by molar-refractivity contribution is 0.304. The molecule has 4 nitrogen and oxygen atoms in total. The molecule has 4 aromatic carbocycles. The molecule has 0 aliphatic heterocycles. The zero-order chi connectivity index (χ0) is 34.1. The molecule has 5 rings (SSSR count). The Morgan fingerprint density at radius 3 is 1.41 bits per heavy atom. The van der Waals surface area contributed by atoms with Crippen molar-refractivity contribution < 1.29 is 13.9 Å². The van der Waals surface area contributed by atoms with E-state index in [0.29, 0.717) is 24.7 Å². The minimum Gasteiger partial charge on any atom is -0.493 e. The largest absolute Gasteiger partial charge is 0.493 e. The molecule has 0 saturated heterocycles. The van der Waals surface area contributed by atoms with Crippen LogP contribution in [0.5, 0.6) is 11.5 Å². The van der Waals surface area contributed by atoms with Crippen LogP contribution in [0.4, 0.5) is 0 Å². The summed E-state index contributed by atoms with van der Waals surface area (Å²) in [6, 6.07) is 28.0. The molecular weight excluding hydrogens is 604 g/mol. The molecule has 49 heavy (non-hydrogen) atoms. The first kappa shape index (κ1) is 35.7. The minimum atomic E-state index is -0.111. The predicted molar refractivity (Wildman–Crippen MR) is 208 cm³/mol. The van der Waals surface area contributed by atoms with Crippen molar-refractivity contribution in [3.8, 4) is 11.5 Å². The summed E-state index contributed by atoms with van der Waals surface area (Å²) >= 11 is 0. The van der Waals surface area contributed by atoms with Crippen molar-refractivity contribution in [2.45, 2.75) is 90.9 Å². The third kappa shape index (κ3) is 10.7. The van der Waals surface area contributed by atoms with E-state index in [4.69, 9.17) is 13.9 Å². The zero-order valence-electron chi connectivity index (χ0n) is 29.4. The number of hydrogen-bond donors (Lipinski definition) is 0. The Morgan fingerprint density at radius 2 is 0.939 bits per heavy atom. The van der Waals surface area contributed by atoms with Crippen molar-refractivity contribution in [2.24, 2.45) is 0 Å². The molecule has 0 atom stereocenters. The molecular formula is C45H52O4. The van der Waals surface area contributed by atoms with Gasteiger partial charge in [-0.25, -0.2) is 0 Å². The van der Waals surface area contributed by atoms with Crippen LogP contribution in [0.3, 0.4) is 0 Å². The lowest BCUT2D eigenvalue weighted by Gasteiger charge is -2.12. The van der Waals surface area contributed by atoms with Gasteiger partial charge in [0.2, 0.25) is 0 Å². The number of unbranched alkanes of at least 4 members (excludes halogenated alkanes) is 10. The Labute approximate surface area is 292 Å². The fourth-order valence-electron chi connectivity index (χ4n) is 6.29. The summed E-state index contributed by atoms with van der Waals surface area (Å²) in [4.78, 5) is 12.9. The van der Waals surface area contributed by atoms with Gasteiger partial charge in [0.15, 0.2) is 5.43 Å². The minimum absolute atomic E-state index is 0.111. The Bertz CT molecular complexity index is 1750. The molecule has 0 fully saturated rings. The van der Waals surface area contributed by atoms with Gasteiger partial charge >= 0.3 is 0 Å². The monoisotopic (exact) mass is 656 g/mol. The molecule has 0 radical (unpaired) electrons. The van der Waals surface area contributed by atoms with Gasteiger partial charge in [0, 0.05) is 23.3 Å². The molecule has 0 saturated carbocycles. The fraction of sp³-hybridized carbons (Fsp3) is 0.356. The van der Waals surface area contributed by atoms with Crippen LogP contribution in [0.1, 0.15) is 114 Å². The number of benzene rings is 4. The van der Waals surface area contributed by atoms with Gasteiger partial charge in [0.1, 0.15) is 23.0 Å². The summed E-state index contributed by atoms with van der Waals surface area (Å²) in [5.74, 6) is 2.65. The molecule has 256 valence electrons. The van der Waals surface area contributed by atoms with Crippen molar-refractivity contribution in [3.05, 3.63) is 118 Å². The van der Waals surface area contributed by atoms with Crippen LogP contribution in [0, 0.1) is 0 Å². The lowest BCUT2D eigenvalue weighted by Crippen LogP contribution is -2.00. The molecule has 0 amide bonds. The van der Waals surface area contributed by atoms with E-state index in [1.54, 1.807) is 0 Å². The number of ether oxygens (including phenoxy) is 2. The van der Waals surface area contributed by atoms with Crippen LogP contribution < -0.4 is 14.9 Å². The third-order valence-electron chi connectivity index (χ3n) is 9.01. The first-order chi connectivity index (χ1) is 24.2.